The van der Waals surface area contributed by atoms with E-state index in [2.05, 4.69) is 0 Å². The van der Waals surface area contributed by atoms with Crippen LogP contribution in [0.25, 0.3) is 0 Å². The molecular formula is C9H6Cl6S. The van der Waals surface area contributed by atoms with Gasteiger partial charge in [-0.25, -0.2) is 0 Å². The molecule has 0 fully saturated rings. The van der Waals surface area contributed by atoms with Gasteiger partial charge in [-0.05, 0) is 0 Å². The Morgan fingerprint density at radius 2 is 1.19 bits per heavy atom. The van der Waals surface area contributed by atoms with E-state index in [1.165, 1.54) is 0 Å². The van der Waals surface area contributed by atoms with E-state index in [0.29, 0.717) is 27.2 Å². The van der Waals surface area contributed by atoms with Gasteiger partial charge in [0.1, 0.15) is 0 Å². The number of hydrogen-bond donors (Lipinski definition) is 0. The van der Waals surface area contributed by atoms with Crippen LogP contribution in [0.5, 0.6) is 0 Å². The van der Waals surface area contributed by atoms with Gasteiger partial charge in [-0.15, -0.1) is 11.6 Å². The minimum atomic E-state index is 0.185. The minimum absolute atomic E-state index is 0.185. The smallest absolute Gasteiger partial charge is 0.0809 e. The Bertz CT molecular complexity index is 363. The molecule has 0 aliphatic heterocycles. The predicted octanol–water partition coefficient (Wildman–Crippen LogP) is 6.43. The van der Waals surface area contributed by atoms with Crippen molar-refractivity contribution in [1.29, 1.82) is 0 Å². The van der Waals surface area contributed by atoms with Gasteiger partial charge in [-0.3, -0.25) is 0 Å². The number of halogens is 6. The molecule has 0 N–H and O–H groups in total. The van der Waals surface area contributed by atoms with Crippen LogP contribution in [-0.4, -0.2) is 11.6 Å². The molecule has 0 aliphatic carbocycles. The highest BCUT2D eigenvalue weighted by Gasteiger charge is 2.18. The van der Waals surface area contributed by atoms with E-state index in [1.807, 2.05) is 0 Å². The summed E-state index contributed by atoms with van der Waals surface area (Å²) in [7, 11) is 0. The third kappa shape index (κ3) is 3.41. The Morgan fingerprint density at radius 1 is 0.750 bits per heavy atom. The topological polar surface area (TPSA) is 0 Å². The summed E-state index contributed by atoms with van der Waals surface area (Å²) in [6.45, 7) is 0. The van der Waals surface area contributed by atoms with E-state index in [-0.39, 0.29) is 15.1 Å². The molecule has 0 spiro atoms. The van der Waals surface area contributed by atoms with Crippen LogP contribution in [0, 0.1) is 0 Å². The second-order valence-electron chi connectivity index (χ2n) is 2.79. The van der Waals surface area contributed by atoms with Crippen LogP contribution in [0.4, 0.5) is 0 Å². The molecule has 1 aromatic rings. The molecule has 1 rings (SSSR count). The average molecular weight is 359 g/mol. The third-order valence-corrected chi connectivity index (χ3v) is 5.52. The average Bonchev–Trinajstić information content (AvgIpc) is 2.28. The first kappa shape index (κ1) is 15.4. The second-order valence-corrected chi connectivity index (χ2v) is 6.16. The molecule has 0 unspecified atom stereocenters. The Kier molecular flexibility index (Phi) is 6.76. The van der Waals surface area contributed by atoms with Gasteiger partial charge in [-0.2, -0.15) is 11.8 Å². The maximum absolute atomic E-state index is 6.05. The van der Waals surface area contributed by atoms with E-state index >= 15 is 0 Å². The molecule has 0 saturated heterocycles. The second kappa shape index (κ2) is 7.04. The van der Waals surface area contributed by atoms with Crippen LogP contribution in [0.1, 0.15) is 5.56 Å². The fourth-order valence-electron chi connectivity index (χ4n) is 1.01. The molecular weight excluding hydrogens is 353 g/mol. The Balaban J connectivity index is 3.08. The molecule has 7 heteroatoms. The van der Waals surface area contributed by atoms with Crippen molar-refractivity contribution in [2.45, 2.75) is 5.75 Å². The maximum Gasteiger partial charge on any atom is 0.0809 e. The lowest BCUT2D eigenvalue weighted by Crippen LogP contribution is -1.91. The quantitative estimate of drug-likeness (QED) is 0.259. The Labute approximate surface area is 128 Å². The lowest BCUT2D eigenvalue weighted by atomic mass is 10.2. The van der Waals surface area contributed by atoms with E-state index in [4.69, 9.17) is 69.6 Å². The lowest BCUT2D eigenvalue weighted by Gasteiger charge is -2.11. The highest BCUT2D eigenvalue weighted by Crippen LogP contribution is 2.44. The first-order chi connectivity index (χ1) is 7.50. The molecule has 1 aromatic carbocycles. The summed E-state index contributed by atoms with van der Waals surface area (Å²) in [6.07, 6.45) is 0. The third-order valence-electron chi connectivity index (χ3n) is 1.77. The van der Waals surface area contributed by atoms with Crippen LogP contribution < -0.4 is 0 Å². The van der Waals surface area contributed by atoms with Crippen LogP contribution in [-0.2, 0) is 5.75 Å². The maximum atomic E-state index is 6.05. The Hall–Kier alpha value is 1.31. The fourth-order valence-corrected chi connectivity index (χ4v) is 3.55. The first-order valence-electron chi connectivity index (χ1n) is 4.14. The normalized spacial score (nSPS) is 10.9. The van der Waals surface area contributed by atoms with E-state index < -0.39 is 0 Å². The highest BCUT2D eigenvalue weighted by atomic mass is 35.5. The van der Waals surface area contributed by atoms with Gasteiger partial charge in [0, 0.05) is 22.9 Å². The molecule has 0 nitrogen and oxygen atoms in total. The Morgan fingerprint density at radius 3 is 1.62 bits per heavy atom. The van der Waals surface area contributed by atoms with Crippen LogP contribution >= 0.6 is 81.4 Å². The molecule has 0 aromatic heterocycles. The standard InChI is InChI=1S/C9H6Cl6S/c10-1-2-16-3-4-5(11)7(13)9(15)8(14)6(4)12/h1-3H2. The van der Waals surface area contributed by atoms with Crippen molar-refractivity contribution in [3.8, 4) is 0 Å². The van der Waals surface area contributed by atoms with Gasteiger partial charge < -0.3 is 0 Å². The zero-order valence-electron chi connectivity index (χ0n) is 7.80. The summed E-state index contributed by atoms with van der Waals surface area (Å²) in [5.74, 6) is 1.96. The number of hydrogen-bond acceptors (Lipinski definition) is 1. The highest BCUT2D eigenvalue weighted by molar-refractivity contribution is 7.98. The van der Waals surface area contributed by atoms with Crippen molar-refractivity contribution in [2.24, 2.45) is 0 Å². The van der Waals surface area contributed by atoms with Crippen molar-refractivity contribution in [1.82, 2.24) is 0 Å². The molecule has 0 aliphatic rings. The van der Waals surface area contributed by atoms with Crippen molar-refractivity contribution >= 4 is 81.4 Å². The zero-order valence-corrected chi connectivity index (χ0v) is 13.1. The molecule has 0 bridgehead atoms. The van der Waals surface area contributed by atoms with Gasteiger partial charge in [0.2, 0.25) is 0 Å². The van der Waals surface area contributed by atoms with Crippen LogP contribution in [0.15, 0.2) is 0 Å². The van der Waals surface area contributed by atoms with E-state index in [0.717, 1.165) is 5.75 Å². The number of benzene rings is 1. The summed E-state index contributed by atoms with van der Waals surface area (Å²) in [4.78, 5) is 0. The van der Waals surface area contributed by atoms with Crippen LogP contribution in [0.3, 0.4) is 0 Å². The van der Waals surface area contributed by atoms with Gasteiger partial charge in [0.25, 0.3) is 0 Å². The van der Waals surface area contributed by atoms with E-state index in [9.17, 15) is 0 Å². The van der Waals surface area contributed by atoms with E-state index in [1.54, 1.807) is 11.8 Å². The summed E-state index contributed by atoms with van der Waals surface area (Å²) in [5, 5.41) is 1.36. The molecule has 0 amide bonds. The van der Waals surface area contributed by atoms with Crippen molar-refractivity contribution in [3.63, 3.8) is 0 Å². The minimum Gasteiger partial charge on any atom is -0.156 e. The number of alkyl halides is 1. The van der Waals surface area contributed by atoms with Crippen molar-refractivity contribution < 1.29 is 0 Å². The number of thioether (sulfide) groups is 1. The number of rotatable bonds is 4. The molecule has 0 atom stereocenters. The summed E-state index contributed by atoms with van der Waals surface area (Å²) < 4.78 is 0. The molecule has 16 heavy (non-hydrogen) atoms. The summed E-state index contributed by atoms with van der Waals surface area (Å²) in [5.41, 5.74) is 0.692. The molecule has 0 saturated carbocycles. The fraction of sp³-hybridized carbons (Fsp3) is 0.333. The zero-order chi connectivity index (χ0) is 12.3. The first-order valence-corrected chi connectivity index (χ1v) is 7.72. The lowest BCUT2D eigenvalue weighted by molar-refractivity contribution is 1.39. The van der Waals surface area contributed by atoms with Gasteiger partial charge in [0.15, 0.2) is 0 Å². The van der Waals surface area contributed by atoms with Gasteiger partial charge in [-0.1, -0.05) is 58.0 Å². The molecule has 90 valence electrons. The van der Waals surface area contributed by atoms with Crippen molar-refractivity contribution in [2.75, 3.05) is 11.6 Å². The van der Waals surface area contributed by atoms with Crippen LogP contribution in [0.2, 0.25) is 25.1 Å². The predicted molar refractivity (Wildman–Crippen MR) is 78.4 cm³/mol. The van der Waals surface area contributed by atoms with Gasteiger partial charge in [0.05, 0.1) is 25.1 Å². The van der Waals surface area contributed by atoms with Crippen molar-refractivity contribution in [3.05, 3.63) is 30.7 Å². The molecule has 0 radical (unpaired) electrons. The monoisotopic (exact) mass is 356 g/mol. The summed E-state index contributed by atoms with van der Waals surface area (Å²) >= 11 is 37.0. The molecule has 0 heterocycles. The largest absolute Gasteiger partial charge is 0.156 e. The SMILES string of the molecule is ClCCSCc1c(Cl)c(Cl)c(Cl)c(Cl)c1Cl. The summed E-state index contributed by atoms with van der Waals surface area (Å²) in [6, 6.07) is 0. The van der Waals surface area contributed by atoms with Gasteiger partial charge >= 0.3 is 0 Å².